The van der Waals surface area contributed by atoms with Crippen molar-refractivity contribution in [3.63, 3.8) is 0 Å². The lowest BCUT2D eigenvalue weighted by Crippen LogP contribution is -2.52. The second kappa shape index (κ2) is 9.95. The molecule has 4 rings (SSSR count). The summed E-state index contributed by atoms with van der Waals surface area (Å²) in [6.45, 7) is 8.10. The van der Waals surface area contributed by atoms with E-state index in [1.807, 2.05) is 17.9 Å². The molecule has 0 unspecified atom stereocenters. The van der Waals surface area contributed by atoms with Crippen LogP contribution >= 0.6 is 0 Å². The van der Waals surface area contributed by atoms with Crippen molar-refractivity contribution in [2.75, 3.05) is 34.2 Å². The van der Waals surface area contributed by atoms with Gasteiger partial charge in [0.05, 0.1) is 16.1 Å². The molecule has 0 bridgehead atoms. The van der Waals surface area contributed by atoms with E-state index in [1.54, 1.807) is 24.3 Å². The fourth-order valence-electron chi connectivity index (χ4n) is 4.35. The average Bonchev–Trinajstić information content (AvgIpc) is 2.83. The minimum absolute atomic E-state index is 0.0840. The maximum Gasteiger partial charge on any atom is 0.337 e. The number of carboxylic acids is 1. The standard InChI is InChI=1S/C26H30N4O4S/c1-4-20-8-10-23(11-9-20)35(33,34)28-24-15-21(26(31)32)16-27-25(24)29-12-13-30(19(3)17-29)22-7-5-6-18(2)14-22/h5-11,14-16,19,28H,4,12-13,17H2,1-3H3,(H,31,32)/t19-/m1/s1. The Hall–Kier alpha value is -3.59. The Kier molecular flexibility index (Phi) is 6.98. The van der Waals surface area contributed by atoms with Crippen molar-refractivity contribution in [1.29, 1.82) is 0 Å². The van der Waals surface area contributed by atoms with Gasteiger partial charge in [-0.05, 0) is 61.7 Å². The quantitative estimate of drug-likeness (QED) is 0.508. The molecule has 8 nitrogen and oxygen atoms in total. The number of hydrogen-bond donors (Lipinski definition) is 2. The number of pyridine rings is 1. The summed E-state index contributed by atoms with van der Waals surface area (Å²) in [5.74, 6) is -0.756. The van der Waals surface area contributed by atoms with E-state index in [0.29, 0.717) is 18.9 Å². The summed E-state index contributed by atoms with van der Waals surface area (Å²) >= 11 is 0. The third-order valence-electron chi connectivity index (χ3n) is 6.26. The Labute approximate surface area is 206 Å². The monoisotopic (exact) mass is 494 g/mol. The van der Waals surface area contributed by atoms with Crippen molar-refractivity contribution >= 4 is 33.2 Å². The average molecular weight is 495 g/mol. The zero-order chi connectivity index (χ0) is 25.2. The van der Waals surface area contributed by atoms with Crippen molar-refractivity contribution in [1.82, 2.24) is 4.98 Å². The molecule has 1 fully saturated rings. The van der Waals surface area contributed by atoms with Crippen molar-refractivity contribution in [2.45, 2.75) is 38.1 Å². The lowest BCUT2D eigenvalue weighted by atomic mass is 10.1. The zero-order valence-corrected chi connectivity index (χ0v) is 20.9. The number of hydrogen-bond acceptors (Lipinski definition) is 6. The molecule has 2 heterocycles. The number of carboxylic acid groups (broad SMARTS) is 1. The lowest BCUT2D eigenvalue weighted by Gasteiger charge is -2.42. The summed E-state index contributed by atoms with van der Waals surface area (Å²) in [6, 6.07) is 16.5. The van der Waals surface area contributed by atoms with Gasteiger partial charge in [0, 0.05) is 37.6 Å². The van der Waals surface area contributed by atoms with Gasteiger partial charge in [0.25, 0.3) is 10.0 Å². The predicted molar refractivity (Wildman–Crippen MR) is 138 cm³/mol. The Morgan fingerprint density at radius 3 is 2.51 bits per heavy atom. The fourth-order valence-corrected chi connectivity index (χ4v) is 5.40. The molecule has 35 heavy (non-hydrogen) atoms. The Morgan fingerprint density at radius 2 is 1.89 bits per heavy atom. The molecular weight excluding hydrogens is 464 g/mol. The number of aromatic nitrogens is 1. The van der Waals surface area contributed by atoms with E-state index in [1.165, 1.54) is 17.8 Å². The van der Waals surface area contributed by atoms with Crippen LogP contribution in [-0.2, 0) is 16.4 Å². The summed E-state index contributed by atoms with van der Waals surface area (Å²) in [6.07, 6.45) is 2.07. The molecule has 0 amide bonds. The number of benzene rings is 2. The Balaban J connectivity index is 1.62. The molecule has 1 aromatic heterocycles. The van der Waals surface area contributed by atoms with Crippen LogP contribution in [0.2, 0.25) is 0 Å². The van der Waals surface area contributed by atoms with E-state index < -0.39 is 16.0 Å². The van der Waals surface area contributed by atoms with Crippen LogP contribution in [0.4, 0.5) is 17.2 Å². The molecule has 0 spiro atoms. The molecular formula is C26H30N4O4S. The van der Waals surface area contributed by atoms with Crippen LogP contribution in [0.25, 0.3) is 0 Å². The topological polar surface area (TPSA) is 103 Å². The maximum absolute atomic E-state index is 13.1. The third kappa shape index (κ3) is 5.40. The summed E-state index contributed by atoms with van der Waals surface area (Å²) in [5.41, 5.74) is 3.43. The van der Waals surface area contributed by atoms with Gasteiger partial charge < -0.3 is 14.9 Å². The van der Waals surface area contributed by atoms with Crippen molar-refractivity contribution in [2.24, 2.45) is 0 Å². The highest BCUT2D eigenvalue weighted by atomic mass is 32.2. The molecule has 2 N–H and O–H groups in total. The summed E-state index contributed by atoms with van der Waals surface area (Å²) < 4.78 is 28.9. The number of anilines is 3. The number of nitrogens with zero attached hydrogens (tertiary/aromatic N) is 3. The van der Waals surface area contributed by atoms with E-state index in [4.69, 9.17) is 0 Å². The normalized spacial score (nSPS) is 16.3. The van der Waals surface area contributed by atoms with Gasteiger partial charge in [0.15, 0.2) is 5.82 Å². The largest absolute Gasteiger partial charge is 0.478 e. The number of rotatable bonds is 7. The number of carbonyl (C=O) groups is 1. The minimum Gasteiger partial charge on any atom is -0.478 e. The first kappa shape index (κ1) is 24.5. The number of sulfonamides is 1. The minimum atomic E-state index is -3.93. The van der Waals surface area contributed by atoms with E-state index in [0.717, 1.165) is 24.2 Å². The SMILES string of the molecule is CCc1ccc(S(=O)(=O)Nc2cc(C(=O)O)cnc2N2CCN(c3cccc(C)c3)[C@H](C)C2)cc1. The van der Waals surface area contributed by atoms with E-state index in [-0.39, 0.29) is 22.2 Å². The zero-order valence-electron chi connectivity index (χ0n) is 20.1. The maximum atomic E-state index is 13.1. The van der Waals surface area contributed by atoms with Crippen LogP contribution in [0.1, 0.15) is 35.3 Å². The highest BCUT2D eigenvalue weighted by molar-refractivity contribution is 7.92. The molecule has 9 heteroatoms. The van der Waals surface area contributed by atoms with E-state index in [2.05, 4.69) is 46.7 Å². The smallest absolute Gasteiger partial charge is 0.337 e. The van der Waals surface area contributed by atoms with Gasteiger partial charge in [0.1, 0.15) is 0 Å². The molecule has 184 valence electrons. The number of piperazine rings is 1. The molecule has 0 saturated carbocycles. The number of nitrogens with one attached hydrogen (secondary N) is 1. The van der Waals surface area contributed by atoms with Gasteiger partial charge in [0.2, 0.25) is 0 Å². The van der Waals surface area contributed by atoms with Gasteiger partial charge in [-0.2, -0.15) is 0 Å². The molecule has 0 radical (unpaired) electrons. The van der Waals surface area contributed by atoms with Crippen molar-refractivity contribution in [3.8, 4) is 0 Å². The molecule has 1 aliphatic heterocycles. The molecule has 3 aromatic rings. The summed E-state index contributed by atoms with van der Waals surface area (Å²) in [4.78, 5) is 20.4. The fraction of sp³-hybridized carbons (Fsp3) is 0.308. The predicted octanol–water partition coefficient (Wildman–Crippen LogP) is 4.17. The Bertz CT molecular complexity index is 1330. The van der Waals surface area contributed by atoms with Gasteiger partial charge in [-0.3, -0.25) is 4.72 Å². The second-order valence-electron chi connectivity index (χ2n) is 8.83. The number of aromatic carboxylic acids is 1. The van der Waals surface area contributed by atoms with Crippen molar-refractivity contribution in [3.05, 3.63) is 77.5 Å². The van der Waals surface area contributed by atoms with E-state index in [9.17, 15) is 18.3 Å². The molecule has 1 atom stereocenters. The highest BCUT2D eigenvalue weighted by Crippen LogP contribution is 2.30. The van der Waals surface area contributed by atoms with Crippen LogP contribution in [0.3, 0.4) is 0 Å². The second-order valence-corrected chi connectivity index (χ2v) is 10.5. The van der Waals surface area contributed by atoms with Crippen LogP contribution in [-0.4, -0.2) is 50.2 Å². The summed E-state index contributed by atoms with van der Waals surface area (Å²) in [7, 11) is -3.93. The number of aryl methyl sites for hydroxylation is 2. The first-order valence-electron chi connectivity index (χ1n) is 11.6. The van der Waals surface area contributed by atoms with Crippen LogP contribution in [0.15, 0.2) is 65.7 Å². The highest BCUT2D eigenvalue weighted by Gasteiger charge is 2.28. The first-order chi connectivity index (χ1) is 16.7. The molecule has 0 aliphatic carbocycles. The van der Waals surface area contributed by atoms with Crippen LogP contribution in [0.5, 0.6) is 0 Å². The first-order valence-corrected chi connectivity index (χ1v) is 13.1. The summed E-state index contributed by atoms with van der Waals surface area (Å²) in [5, 5.41) is 9.47. The van der Waals surface area contributed by atoms with Crippen LogP contribution < -0.4 is 14.5 Å². The molecule has 2 aromatic carbocycles. The van der Waals surface area contributed by atoms with Gasteiger partial charge in [-0.15, -0.1) is 0 Å². The third-order valence-corrected chi connectivity index (χ3v) is 7.64. The molecule has 1 saturated heterocycles. The van der Waals surface area contributed by atoms with Crippen LogP contribution in [0, 0.1) is 6.92 Å². The van der Waals surface area contributed by atoms with E-state index >= 15 is 0 Å². The van der Waals surface area contributed by atoms with Gasteiger partial charge in [-0.1, -0.05) is 31.2 Å². The van der Waals surface area contributed by atoms with Gasteiger partial charge >= 0.3 is 5.97 Å². The molecule has 1 aliphatic rings. The Morgan fingerprint density at radius 1 is 1.14 bits per heavy atom. The van der Waals surface area contributed by atoms with Crippen molar-refractivity contribution < 1.29 is 18.3 Å². The lowest BCUT2D eigenvalue weighted by molar-refractivity contribution is 0.0696. The van der Waals surface area contributed by atoms with Gasteiger partial charge in [-0.25, -0.2) is 18.2 Å².